The first kappa shape index (κ1) is 37.4. The molecule has 0 unspecified atom stereocenters. The number of aliphatic carboxylic acids is 2. The van der Waals surface area contributed by atoms with E-state index in [9.17, 15) is 14.4 Å². The zero-order valence-electron chi connectivity index (χ0n) is 26.2. The Morgan fingerprint density at radius 3 is 1.31 bits per heavy atom. The normalized spacial score (nSPS) is 16.8. The van der Waals surface area contributed by atoms with Gasteiger partial charge in [0, 0.05) is 30.3 Å². The summed E-state index contributed by atoms with van der Waals surface area (Å²) in [4.78, 5) is 34.0. The summed E-state index contributed by atoms with van der Waals surface area (Å²) < 4.78 is 5.86. The van der Waals surface area contributed by atoms with Gasteiger partial charge in [0.05, 0.1) is 12.8 Å². The number of ether oxygens (including phenoxy) is 1. The van der Waals surface area contributed by atoms with E-state index in [2.05, 4.69) is 46.6 Å². The monoisotopic (exact) mass is 555 g/mol. The van der Waals surface area contributed by atoms with Crippen molar-refractivity contribution in [1.29, 1.82) is 0 Å². The molecule has 1 aliphatic heterocycles. The van der Waals surface area contributed by atoms with Crippen LogP contribution in [0.2, 0.25) is 0 Å². The maximum atomic E-state index is 12.3. The summed E-state index contributed by atoms with van der Waals surface area (Å²) in [6.07, 6.45) is 22.2. The summed E-state index contributed by atoms with van der Waals surface area (Å²) in [5, 5.41) is 15.8. The van der Waals surface area contributed by atoms with Crippen LogP contribution in [0, 0.1) is 0 Å². The van der Waals surface area contributed by atoms with Crippen LogP contribution in [0.25, 0.3) is 0 Å². The van der Waals surface area contributed by atoms with Gasteiger partial charge in [-0.05, 0) is 41.2 Å². The Hall–Kier alpha value is -1.63. The van der Waals surface area contributed by atoms with E-state index in [1.165, 1.54) is 83.5 Å². The third kappa shape index (κ3) is 20.0. The Morgan fingerprint density at radius 1 is 0.641 bits per heavy atom. The molecule has 1 aliphatic rings. The Bertz CT molecular complexity index is 644. The molecule has 39 heavy (non-hydrogen) atoms. The summed E-state index contributed by atoms with van der Waals surface area (Å²) in [6, 6.07) is 0. The lowest BCUT2D eigenvalue weighted by molar-refractivity contribution is -0.159. The van der Waals surface area contributed by atoms with E-state index in [1.807, 2.05) is 0 Å². The molecule has 1 saturated heterocycles. The molecule has 0 bridgehead atoms. The fourth-order valence-electron chi connectivity index (χ4n) is 5.46. The molecule has 0 aromatic rings. The maximum Gasteiger partial charge on any atom is 0.306 e. The highest BCUT2D eigenvalue weighted by atomic mass is 16.5. The number of carbonyl (C=O) groups is 3. The molecule has 0 radical (unpaired) electrons. The minimum atomic E-state index is -1.08. The SMILES string of the molecule is CCCCCCCCCCCCCCCCCC(=O)OC1CC(C)(C)N(C)C(C)(C)C1.O=C(O)CCC(=O)O. The molecule has 0 atom stereocenters. The van der Waals surface area contributed by atoms with Gasteiger partial charge in [-0.25, -0.2) is 0 Å². The van der Waals surface area contributed by atoms with Gasteiger partial charge in [0.25, 0.3) is 0 Å². The Kier molecular flexibility index (Phi) is 20.3. The van der Waals surface area contributed by atoms with Crippen LogP contribution in [0.4, 0.5) is 0 Å². The van der Waals surface area contributed by atoms with Crippen molar-refractivity contribution in [2.45, 2.75) is 180 Å². The van der Waals surface area contributed by atoms with Gasteiger partial charge in [-0.15, -0.1) is 0 Å². The van der Waals surface area contributed by atoms with Crippen molar-refractivity contribution in [2.24, 2.45) is 0 Å². The molecule has 2 N–H and O–H groups in total. The predicted molar refractivity (Wildman–Crippen MR) is 159 cm³/mol. The topological polar surface area (TPSA) is 104 Å². The van der Waals surface area contributed by atoms with Gasteiger partial charge in [0.15, 0.2) is 0 Å². The van der Waals surface area contributed by atoms with Crippen LogP contribution in [-0.2, 0) is 19.1 Å². The molecule has 1 fully saturated rings. The Labute approximate surface area is 239 Å². The van der Waals surface area contributed by atoms with Crippen molar-refractivity contribution in [3.05, 3.63) is 0 Å². The van der Waals surface area contributed by atoms with Crippen LogP contribution in [0.15, 0.2) is 0 Å². The second-order valence-electron chi connectivity index (χ2n) is 12.7. The molecule has 1 heterocycles. The smallest absolute Gasteiger partial charge is 0.306 e. The number of carboxylic acids is 2. The number of hydrogen-bond acceptors (Lipinski definition) is 5. The summed E-state index contributed by atoms with van der Waals surface area (Å²) >= 11 is 0. The molecule has 7 heteroatoms. The highest BCUT2D eigenvalue weighted by Gasteiger charge is 2.44. The van der Waals surface area contributed by atoms with Crippen LogP contribution in [0.3, 0.4) is 0 Å². The highest BCUT2D eigenvalue weighted by molar-refractivity contribution is 5.75. The van der Waals surface area contributed by atoms with Crippen molar-refractivity contribution in [1.82, 2.24) is 4.90 Å². The molecule has 0 saturated carbocycles. The first-order valence-electron chi connectivity index (χ1n) is 15.7. The lowest BCUT2D eigenvalue weighted by Crippen LogP contribution is -2.60. The van der Waals surface area contributed by atoms with Crippen LogP contribution in [-0.4, -0.2) is 57.3 Å². The van der Waals surface area contributed by atoms with Gasteiger partial charge in [-0.3, -0.25) is 19.3 Å². The highest BCUT2D eigenvalue weighted by Crippen LogP contribution is 2.38. The first-order valence-corrected chi connectivity index (χ1v) is 15.7. The number of likely N-dealkylation sites (tertiary alicyclic amines) is 1. The number of piperidine rings is 1. The summed E-state index contributed by atoms with van der Waals surface area (Å²) in [7, 11) is 2.19. The number of hydrogen-bond donors (Lipinski definition) is 2. The second-order valence-corrected chi connectivity index (χ2v) is 12.7. The van der Waals surface area contributed by atoms with Crippen LogP contribution >= 0.6 is 0 Å². The third-order valence-corrected chi connectivity index (χ3v) is 8.11. The maximum absolute atomic E-state index is 12.3. The molecular formula is C32H61NO6. The minimum Gasteiger partial charge on any atom is -0.481 e. The molecule has 0 aromatic heterocycles. The van der Waals surface area contributed by atoms with E-state index in [0.29, 0.717) is 6.42 Å². The molecule has 0 amide bonds. The average molecular weight is 556 g/mol. The predicted octanol–water partition coefficient (Wildman–Crippen LogP) is 8.38. The Morgan fingerprint density at radius 2 is 0.974 bits per heavy atom. The standard InChI is InChI=1S/C28H55NO2.C4H6O4/c1-7-8-9-10-11-12-13-14-15-16-17-18-19-20-21-22-26(30)31-25-23-27(2,3)29(6)28(4,5)24-25;5-3(6)1-2-4(7)8/h25H,7-24H2,1-6H3;1-2H2,(H,5,6)(H,7,8). The number of esters is 1. The third-order valence-electron chi connectivity index (χ3n) is 8.11. The number of unbranched alkanes of at least 4 members (excludes halogenated alkanes) is 14. The lowest BCUT2D eigenvalue weighted by atomic mass is 9.79. The van der Waals surface area contributed by atoms with Gasteiger partial charge in [-0.1, -0.05) is 96.8 Å². The molecule has 230 valence electrons. The van der Waals surface area contributed by atoms with E-state index >= 15 is 0 Å². The fourth-order valence-corrected chi connectivity index (χ4v) is 5.46. The van der Waals surface area contributed by atoms with E-state index in [-0.39, 0.29) is 36.0 Å². The van der Waals surface area contributed by atoms with Crippen LogP contribution in [0.5, 0.6) is 0 Å². The minimum absolute atomic E-state index is 0.0100. The fraction of sp³-hybridized carbons (Fsp3) is 0.906. The lowest BCUT2D eigenvalue weighted by Gasteiger charge is -2.53. The van der Waals surface area contributed by atoms with Crippen molar-refractivity contribution in [3.8, 4) is 0 Å². The second kappa shape index (κ2) is 21.2. The van der Waals surface area contributed by atoms with Crippen molar-refractivity contribution < 1.29 is 29.3 Å². The zero-order chi connectivity index (χ0) is 29.7. The molecule has 1 rings (SSSR count). The molecule has 0 aliphatic carbocycles. The first-order chi connectivity index (χ1) is 18.3. The molecule has 7 nitrogen and oxygen atoms in total. The van der Waals surface area contributed by atoms with E-state index in [4.69, 9.17) is 14.9 Å². The summed E-state index contributed by atoms with van der Waals surface area (Å²) in [5.74, 6) is -2.14. The average Bonchev–Trinajstić information content (AvgIpc) is 2.83. The van der Waals surface area contributed by atoms with Gasteiger partial charge in [0.2, 0.25) is 0 Å². The van der Waals surface area contributed by atoms with E-state index in [0.717, 1.165) is 25.7 Å². The van der Waals surface area contributed by atoms with Gasteiger partial charge in [0.1, 0.15) is 6.10 Å². The van der Waals surface area contributed by atoms with E-state index in [1.54, 1.807) is 0 Å². The molecule has 0 aromatic carbocycles. The molecular weight excluding hydrogens is 494 g/mol. The number of rotatable bonds is 20. The van der Waals surface area contributed by atoms with Crippen molar-refractivity contribution in [3.63, 3.8) is 0 Å². The van der Waals surface area contributed by atoms with Crippen molar-refractivity contribution in [2.75, 3.05) is 7.05 Å². The number of carbonyl (C=O) groups excluding carboxylic acids is 1. The van der Waals surface area contributed by atoms with Gasteiger partial charge in [-0.2, -0.15) is 0 Å². The van der Waals surface area contributed by atoms with Crippen molar-refractivity contribution >= 4 is 17.9 Å². The number of nitrogens with zero attached hydrogens (tertiary/aromatic N) is 1. The summed E-state index contributed by atoms with van der Waals surface area (Å²) in [6.45, 7) is 11.3. The van der Waals surface area contributed by atoms with Crippen LogP contribution < -0.4 is 0 Å². The molecule has 0 spiro atoms. The summed E-state index contributed by atoms with van der Waals surface area (Å²) in [5.41, 5.74) is 0.142. The van der Waals surface area contributed by atoms with Gasteiger partial charge >= 0.3 is 17.9 Å². The van der Waals surface area contributed by atoms with E-state index < -0.39 is 11.9 Å². The Balaban J connectivity index is 0.00000156. The zero-order valence-corrected chi connectivity index (χ0v) is 26.2. The van der Waals surface area contributed by atoms with Gasteiger partial charge < -0.3 is 14.9 Å². The number of carboxylic acid groups (broad SMARTS) is 2. The quantitative estimate of drug-likeness (QED) is 0.115. The van der Waals surface area contributed by atoms with Crippen LogP contribution in [0.1, 0.15) is 163 Å². The largest absolute Gasteiger partial charge is 0.481 e.